The monoisotopic (exact) mass is 194 g/mol. The zero-order valence-electron chi connectivity index (χ0n) is 8.72. The van der Waals surface area contributed by atoms with E-state index in [1.165, 1.54) is 11.1 Å². The maximum Gasteiger partial charge on any atom is 0.0354 e. The van der Waals surface area contributed by atoms with Gasteiger partial charge in [-0.15, -0.1) is 0 Å². The third-order valence-corrected chi connectivity index (χ3v) is 2.03. The minimum absolute atomic E-state index is 0.831. The second kappa shape index (κ2) is 6.50. The Hall–Kier alpha value is -0.940. The second-order valence-electron chi connectivity index (χ2n) is 2.98. The van der Waals surface area contributed by atoms with Crippen molar-refractivity contribution in [3.63, 3.8) is 0 Å². The average molecular weight is 194 g/mol. The maximum absolute atomic E-state index is 3.08. The van der Waals surface area contributed by atoms with Crippen LogP contribution in [0.2, 0.25) is 0 Å². The van der Waals surface area contributed by atoms with E-state index in [0.717, 1.165) is 13.1 Å². The Labute approximate surface area is 85.0 Å². The molecule has 0 atom stereocenters. The number of nitrogens with one attached hydrogen (secondary N) is 4. The van der Waals surface area contributed by atoms with Crippen molar-refractivity contribution in [3.05, 3.63) is 35.4 Å². The zero-order chi connectivity index (χ0) is 10.2. The van der Waals surface area contributed by atoms with E-state index >= 15 is 0 Å². The van der Waals surface area contributed by atoms with Gasteiger partial charge in [0.2, 0.25) is 0 Å². The number of rotatable bonds is 6. The van der Waals surface area contributed by atoms with Gasteiger partial charge in [0.25, 0.3) is 0 Å². The van der Waals surface area contributed by atoms with Gasteiger partial charge >= 0.3 is 0 Å². The predicted molar refractivity (Wildman–Crippen MR) is 58.2 cm³/mol. The fourth-order valence-corrected chi connectivity index (χ4v) is 1.27. The smallest absolute Gasteiger partial charge is 0.0354 e. The van der Waals surface area contributed by atoms with Crippen LogP contribution in [0.3, 0.4) is 0 Å². The van der Waals surface area contributed by atoms with E-state index in [0.29, 0.717) is 0 Å². The van der Waals surface area contributed by atoms with E-state index in [1.807, 2.05) is 14.1 Å². The SMILES string of the molecule is CNNCc1ccccc1CNNC. The van der Waals surface area contributed by atoms with Crippen LogP contribution in [-0.4, -0.2) is 14.1 Å². The third-order valence-electron chi connectivity index (χ3n) is 2.03. The molecule has 78 valence electrons. The first-order valence-corrected chi connectivity index (χ1v) is 4.74. The lowest BCUT2D eigenvalue weighted by atomic mass is 10.1. The highest BCUT2D eigenvalue weighted by Crippen LogP contribution is 2.07. The summed E-state index contributed by atoms with van der Waals surface area (Å²) in [5.74, 6) is 0. The van der Waals surface area contributed by atoms with Gasteiger partial charge in [-0.3, -0.25) is 21.7 Å². The van der Waals surface area contributed by atoms with Crippen LogP contribution >= 0.6 is 0 Å². The van der Waals surface area contributed by atoms with Crippen molar-refractivity contribution in [1.82, 2.24) is 21.7 Å². The Morgan fingerprint density at radius 1 is 0.857 bits per heavy atom. The van der Waals surface area contributed by atoms with Crippen molar-refractivity contribution in [2.24, 2.45) is 0 Å². The van der Waals surface area contributed by atoms with Crippen molar-refractivity contribution in [3.8, 4) is 0 Å². The summed E-state index contributed by atoms with van der Waals surface area (Å²) in [5.41, 5.74) is 14.6. The highest BCUT2D eigenvalue weighted by atomic mass is 15.3. The first kappa shape index (κ1) is 11.1. The van der Waals surface area contributed by atoms with E-state index in [1.54, 1.807) is 0 Å². The molecule has 0 heterocycles. The van der Waals surface area contributed by atoms with Gasteiger partial charge in [-0.05, 0) is 25.2 Å². The molecule has 14 heavy (non-hydrogen) atoms. The molecule has 0 aromatic heterocycles. The van der Waals surface area contributed by atoms with Crippen LogP contribution in [0.1, 0.15) is 11.1 Å². The van der Waals surface area contributed by atoms with Crippen molar-refractivity contribution >= 4 is 0 Å². The molecule has 0 unspecified atom stereocenters. The number of hydrogen-bond acceptors (Lipinski definition) is 4. The molecule has 0 saturated heterocycles. The molecule has 0 amide bonds. The number of hydrazine groups is 2. The van der Waals surface area contributed by atoms with Gasteiger partial charge in [0.15, 0.2) is 0 Å². The summed E-state index contributed by atoms with van der Waals surface area (Å²) >= 11 is 0. The van der Waals surface area contributed by atoms with Crippen LogP contribution in [0.4, 0.5) is 0 Å². The first-order chi connectivity index (χ1) is 6.88. The fraction of sp³-hybridized carbons (Fsp3) is 0.400. The summed E-state index contributed by atoms with van der Waals surface area (Å²) in [6, 6.07) is 8.35. The lowest BCUT2D eigenvalue weighted by molar-refractivity contribution is 0.572. The van der Waals surface area contributed by atoms with E-state index in [-0.39, 0.29) is 0 Å². The highest BCUT2D eigenvalue weighted by Gasteiger charge is 1.99. The Bertz CT molecular complexity index is 235. The summed E-state index contributed by atoms with van der Waals surface area (Å²) in [6.45, 7) is 1.66. The van der Waals surface area contributed by atoms with Gasteiger partial charge in [-0.2, -0.15) is 0 Å². The molecular formula is C10H18N4. The Kier molecular flexibility index (Phi) is 5.17. The molecule has 0 spiro atoms. The summed E-state index contributed by atoms with van der Waals surface area (Å²) in [7, 11) is 3.74. The number of hydrogen-bond donors (Lipinski definition) is 4. The first-order valence-electron chi connectivity index (χ1n) is 4.74. The molecule has 1 aromatic carbocycles. The Morgan fingerprint density at radius 3 is 1.64 bits per heavy atom. The molecule has 0 bridgehead atoms. The van der Waals surface area contributed by atoms with Crippen molar-refractivity contribution in [2.45, 2.75) is 13.1 Å². The molecule has 1 aromatic rings. The van der Waals surface area contributed by atoms with Gasteiger partial charge in [0.1, 0.15) is 0 Å². The molecule has 0 fully saturated rings. The van der Waals surface area contributed by atoms with E-state index < -0.39 is 0 Å². The summed E-state index contributed by atoms with van der Waals surface area (Å²) in [4.78, 5) is 0. The molecule has 0 radical (unpaired) electrons. The molecule has 0 aliphatic carbocycles. The average Bonchev–Trinajstić information content (AvgIpc) is 2.24. The molecule has 0 aliphatic rings. The quantitative estimate of drug-likeness (QED) is 0.486. The Morgan fingerprint density at radius 2 is 1.29 bits per heavy atom. The van der Waals surface area contributed by atoms with E-state index in [4.69, 9.17) is 0 Å². The summed E-state index contributed by atoms with van der Waals surface area (Å²) in [6.07, 6.45) is 0. The largest absolute Gasteiger partial charge is 0.261 e. The van der Waals surface area contributed by atoms with Crippen LogP contribution in [0.15, 0.2) is 24.3 Å². The van der Waals surface area contributed by atoms with Crippen LogP contribution < -0.4 is 21.7 Å². The van der Waals surface area contributed by atoms with Crippen molar-refractivity contribution in [2.75, 3.05) is 14.1 Å². The minimum Gasteiger partial charge on any atom is -0.261 e. The molecule has 0 saturated carbocycles. The van der Waals surface area contributed by atoms with Gasteiger partial charge in [-0.1, -0.05) is 24.3 Å². The molecule has 4 N–H and O–H groups in total. The topological polar surface area (TPSA) is 48.1 Å². The molecular weight excluding hydrogens is 176 g/mol. The van der Waals surface area contributed by atoms with Crippen molar-refractivity contribution < 1.29 is 0 Å². The van der Waals surface area contributed by atoms with E-state index in [9.17, 15) is 0 Å². The summed E-state index contributed by atoms with van der Waals surface area (Å²) < 4.78 is 0. The van der Waals surface area contributed by atoms with Crippen LogP contribution in [0.25, 0.3) is 0 Å². The van der Waals surface area contributed by atoms with Crippen LogP contribution in [0.5, 0.6) is 0 Å². The third kappa shape index (κ3) is 3.43. The van der Waals surface area contributed by atoms with E-state index in [2.05, 4.69) is 46.0 Å². The molecule has 0 aliphatic heterocycles. The molecule has 4 nitrogen and oxygen atoms in total. The fourth-order valence-electron chi connectivity index (χ4n) is 1.27. The zero-order valence-corrected chi connectivity index (χ0v) is 8.72. The summed E-state index contributed by atoms with van der Waals surface area (Å²) in [5, 5.41) is 0. The van der Waals surface area contributed by atoms with Gasteiger partial charge in [-0.25, -0.2) is 0 Å². The standard InChI is InChI=1S/C10H18N4/c1-11-13-7-9-5-3-4-6-10(9)8-14-12-2/h3-6,11-14H,7-8H2,1-2H3. The predicted octanol–water partition coefficient (Wildman–Crippen LogP) is 0.135. The van der Waals surface area contributed by atoms with Gasteiger partial charge in [0.05, 0.1) is 0 Å². The second-order valence-corrected chi connectivity index (χ2v) is 2.98. The molecule has 4 heteroatoms. The maximum atomic E-state index is 3.08. The van der Waals surface area contributed by atoms with Gasteiger partial charge in [0, 0.05) is 13.1 Å². The lowest BCUT2D eigenvalue weighted by Gasteiger charge is -2.10. The Balaban J connectivity index is 2.60. The van der Waals surface area contributed by atoms with Crippen LogP contribution in [-0.2, 0) is 13.1 Å². The van der Waals surface area contributed by atoms with Gasteiger partial charge < -0.3 is 0 Å². The lowest BCUT2D eigenvalue weighted by Crippen LogP contribution is -2.29. The minimum atomic E-state index is 0.831. The number of benzene rings is 1. The molecule has 1 rings (SSSR count). The highest BCUT2D eigenvalue weighted by molar-refractivity contribution is 5.26. The van der Waals surface area contributed by atoms with Crippen molar-refractivity contribution in [1.29, 1.82) is 0 Å². The normalized spacial score (nSPS) is 10.4. The van der Waals surface area contributed by atoms with Crippen LogP contribution in [0, 0.1) is 0 Å².